The highest BCUT2D eigenvalue weighted by atomic mass is 16.1. The summed E-state index contributed by atoms with van der Waals surface area (Å²) < 4.78 is 0. The summed E-state index contributed by atoms with van der Waals surface area (Å²) in [4.78, 5) is 11.6. The van der Waals surface area contributed by atoms with E-state index in [4.69, 9.17) is 0 Å². The quantitative estimate of drug-likeness (QED) is 0.682. The monoisotopic (exact) mass is 177 g/mol. The van der Waals surface area contributed by atoms with Crippen molar-refractivity contribution in [3.8, 4) is 0 Å². The summed E-state index contributed by atoms with van der Waals surface area (Å²) >= 11 is 0. The predicted molar refractivity (Wildman–Crippen MR) is 50.1 cm³/mol. The predicted octanol–water partition coefficient (Wildman–Crippen LogP) is 1.62. The van der Waals surface area contributed by atoms with E-state index in [1.807, 2.05) is 0 Å². The first-order chi connectivity index (χ1) is 6.34. The molecule has 2 nitrogen and oxygen atoms in total. The lowest BCUT2D eigenvalue weighted by Crippen LogP contribution is -2.36. The van der Waals surface area contributed by atoms with Gasteiger partial charge in [-0.1, -0.05) is 6.08 Å². The van der Waals surface area contributed by atoms with E-state index in [0.717, 1.165) is 30.3 Å². The fourth-order valence-electron chi connectivity index (χ4n) is 2.64. The molecular weight excluding hydrogens is 162 g/mol. The number of amides is 1. The summed E-state index contributed by atoms with van der Waals surface area (Å²) in [5, 5.41) is 3.16. The Morgan fingerprint density at radius 3 is 2.77 bits per heavy atom. The van der Waals surface area contributed by atoms with Crippen molar-refractivity contribution in [2.45, 2.75) is 38.1 Å². The van der Waals surface area contributed by atoms with Gasteiger partial charge in [-0.25, -0.2) is 0 Å². The van der Waals surface area contributed by atoms with Gasteiger partial charge in [0.25, 0.3) is 0 Å². The van der Waals surface area contributed by atoms with Crippen LogP contribution in [0.1, 0.15) is 32.1 Å². The van der Waals surface area contributed by atoms with Gasteiger partial charge in [-0.2, -0.15) is 0 Å². The Balaban J connectivity index is 1.59. The van der Waals surface area contributed by atoms with Crippen LogP contribution in [0.25, 0.3) is 0 Å². The van der Waals surface area contributed by atoms with E-state index in [-0.39, 0.29) is 5.91 Å². The lowest BCUT2D eigenvalue weighted by atomic mass is 9.98. The summed E-state index contributed by atoms with van der Waals surface area (Å²) in [7, 11) is 0. The Morgan fingerprint density at radius 1 is 1.46 bits per heavy atom. The minimum atomic E-state index is 0.212. The summed E-state index contributed by atoms with van der Waals surface area (Å²) in [6.45, 7) is 0. The molecule has 3 rings (SSSR count). The number of carbonyl (C=O) groups is 1. The number of rotatable bonds is 2. The van der Waals surface area contributed by atoms with Crippen molar-refractivity contribution in [1.29, 1.82) is 0 Å². The first kappa shape index (κ1) is 7.60. The topological polar surface area (TPSA) is 29.1 Å². The third-order valence-corrected chi connectivity index (χ3v) is 3.76. The maximum absolute atomic E-state index is 11.6. The third kappa shape index (κ3) is 1.19. The first-order valence-electron chi connectivity index (χ1n) is 5.34. The van der Waals surface area contributed by atoms with Crippen LogP contribution in [0.4, 0.5) is 0 Å². The Bertz CT molecular complexity index is 282. The minimum Gasteiger partial charge on any atom is -0.349 e. The minimum absolute atomic E-state index is 0.212. The number of allylic oxidation sites excluding steroid dienone is 1. The van der Waals surface area contributed by atoms with Gasteiger partial charge < -0.3 is 5.32 Å². The van der Waals surface area contributed by atoms with E-state index in [0.29, 0.717) is 6.04 Å². The molecule has 0 bridgehead atoms. The van der Waals surface area contributed by atoms with Gasteiger partial charge in [-0.3, -0.25) is 4.79 Å². The smallest absolute Gasteiger partial charge is 0.247 e. The fraction of sp³-hybridized carbons (Fsp3) is 0.727. The van der Waals surface area contributed by atoms with Crippen LogP contribution in [0.2, 0.25) is 0 Å². The number of hydrogen-bond acceptors (Lipinski definition) is 1. The van der Waals surface area contributed by atoms with Crippen molar-refractivity contribution in [3.63, 3.8) is 0 Å². The molecule has 2 fully saturated rings. The number of nitrogens with one attached hydrogen (secondary N) is 1. The molecule has 0 spiro atoms. The molecule has 0 saturated heterocycles. The molecule has 0 aromatic rings. The molecular formula is C11H15NO. The average molecular weight is 177 g/mol. The molecule has 3 aliphatic rings. The summed E-state index contributed by atoms with van der Waals surface area (Å²) in [6, 6.07) is 0.513. The van der Waals surface area contributed by atoms with Crippen molar-refractivity contribution in [1.82, 2.24) is 5.32 Å². The first-order valence-corrected chi connectivity index (χ1v) is 5.34. The molecule has 0 aliphatic heterocycles. The highest BCUT2D eigenvalue weighted by molar-refractivity contribution is 5.94. The van der Waals surface area contributed by atoms with Crippen molar-refractivity contribution in [2.75, 3.05) is 0 Å². The molecule has 2 saturated carbocycles. The molecule has 70 valence electrons. The van der Waals surface area contributed by atoms with Crippen LogP contribution < -0.4 is 5.32 Å². The van der Waals surface area contributed by atoms with Crippen LogP contribution in [0, 0.1) is 11.8 Å². The van der Waals surface area contributed by atoms with Crippen LogP contribution in [-0.4, -0.2) is 11.9 Å². The van der Waals surface area contributed by atoms with Gasteiger partial charge >= 0.3 is 0 Å². The second-order valence-corrected chi connectivity index (χ2v) is 4.58. The fourth-order valence-corrected chi connectivity index (χ4v) is 2.64. The molecule has 3 aliphatic carbocycles. The summed E-state index contributed by atoms with van der Waals surface area (Å²) in [6.07, 6.45) is 8.06. The summed E-state index contributed by atoms with van der Waals surface area (Å²) in [5.74, 6) is 2.01. The lowest BCUT2D eigenvalue weighted by molar-refractivity contribution is -0.118. The maximum atomic E-state index is 11.6. The Hall–Kier alpha value is -0.790. The SMILES string of the molecule is O=C(NC1CCC2CC21)C1=CCC1. The van der Waals surface area contributed by atoms with Gasteiger partial charge in [0.2, 0.25) is 5.91 Å². The van der Waals surface area contributed by atoms with E-state index in [1.165, 1.54) is 19.3 Å². The second-order valence-electron chi connectivity index (χ2n) is 4.58. The Morgan fingerprint density at radius 2 is 2.31 bits per heavy atom. The van der Waals surface area contributed by atoms with Gasteiger partial charge in [0.1, 0.15) is 0 Å². The molecule has 13 heavy (non-hydrogen) atoms. The van der Waals surface area contributed by atoms with E-state index >= 15 is 0 Å². The number of hydrogen-bond donors (Lipinski definition) is 1. The van der Waals surface area contributed by atoms with Crippen LogP contribution in [0.3, 0.4) is 0 Å². The number of carbonyl (C=O) groups excluding carboxylic acids is 1. The van der Waals surface area contributed by atoms with Crippen LogP contribution in [0.15, 0.2) is 11.6 Å². The van der Waals surface area contributed by atoms with Crippen LogP contribution >= 0.6 is 0 Å². The van der Waals surface area contributed by atoms with Gasteiger partial charge in [0.05, 0.1) is 0 Å². The van der Waals surface area contributed by atoms with Crippen LogP contribution in [0.5, 0.6) is 0 Å². The molecule has 0 aromatic heterocycles. The number of fused-ring (bicyclic) bond motifs is 1. The van der Waals surface area contributed by atoms with Gasteiger partial charge in [0.15, 0.2) is 0 Å². The van der Waals surface area contributed by atoms with Crippen molar-refractivity contribution < 1.29 is 4.79 Å². The van der Waals surface area contributed by atoms with Gasteiger partial charge in [0, 0.05) is 11.6 Å². The molecule has 2 heteroatoms. The lowest BCUT2D eigenvalue weighted by Gasteiger charge is -2.18. The highest BCUT2D eigenvalue weighted by Gasteiger charge is 2.48. The maximum Gasteiger partial charge on any atom is 0.247 e. The van der Waals surface area contributed by atoms with E-state index in [9.17, 15) is 4.79 Å². The van der Waals surface area contributed by atoms with E-state index in [2.05, 4.69) is 11.4 Å². The van der Waals surface area contributed by atoms with E-state index in [1.54, 1.807) is 0 Å². The molecule has 1 amide bonds. The van der Waals surface area contributed by atoms with E-state index < -0.39 is 0 Å². The molecule has 3 unspecified atom stereocenters. The van der Waals surface area contributed by atoms with Gasteiger partial charge in [-0.15, -0.1) is 0 Å². The summed E-state index contributed by atoms with van der Waals surface area (Å²) in [5.41, 5.74) is 1.02. The largest absolute Gasteiger partial charge is 0.349 e. The highest BCUT2D eigenvalue weighted by Crippen LogP contribution is 2.51. The van der Waals surface area contributed by atoms with Crippen molar-refractivity contribution in [2.24, 2.45) is 11.8 Å². The second kappa shape index (κ2) is 2.60. The molecule has 0 aromatic carbocycles. The molecule has 0 heterocycles. The standard InChI is InChI=1S/C11H15NO/c13-11(7-2-1-3-7)12-10-5-4-8-6-9(8)10/h2,8-10H,1,3-6H2,(H,12,13). The molecule has 0 radical (unpaired) electrons. The Labute approximate surface area is 78.4 Å². The van der Waals surface area contributed by atoms with Crippen molar-refractivity contribution in [3.05, 3.63) is 11.6 Å². The van der Waals surface area contributed by atoms with Gasteiger partial charge in [-0.05, 0) is 43.9 Å². The third-order valence-electron chi connectivity index (χ3n) is 3.76. The van der Waals surface area contributed by atoms with Crippen molar-refractivity contribution >= 4 is 5.91 Å². The molecule has 1 N–H and O–H groups in total. The average Bonchev–Trinajstić information content (AvgIpc) is 2.66. The normalized spacial score (nSPS) is 40.3. The zero-order valence-electron chi connectivity index (χ0n) is 7.75. The van der Waals surface area contributed by atoms with Crippen LogP contribution in [-0.2, 0) is 4.79 Å². The molecule has 3 atom stereocenters. The zero-order chi connectivity index (χ0) is 8.84. The zero-order valence-corrected chi connectivity index (χ0v) is 7.75. The Kier molecular flexibility index (Phi) is 1.52.